The second-order valence-electron chi connectivity index (χ2n) is 5.86. The number of carboxylic acid groups (broad SMARTS) is 1. The van der Waals surface area contributed by atoms with Crippen LogP contribution in [0.1, 0.15) is 35.3 Å². The van der Waals surface area contributed by atoms with Crippen LogP contribution in [0, 0.1) is 6.92 Å². The molecular weight excluding hydrogens is 330 g/mol. The van der Waals surface area contributed by atoms with E-state index in [1.54, 1.807) is 17.7 Å². The molecule has 2 aromatic rings. The van der Waals surface area contributed by atoms with Gasteiger partial charge in [0.05, 0.1) is 28.2 Å². The van der Waals surface area contributed by atoms with Crippen LogP contribution in [-0.4, -0.2) is 44.3 Å². The number of carboxylic acids is 1. The number of likely N-dealkylation sites (tertiary alicyclic amines) is 1. The van der Waals surface area contributed by atoms with Gasteiger partial charge in [-0.1, -0.05) is 23.7 Å². The number of amides is 1. The molecule has 0 bridgehead atoms. The van der Waals surface area contributed by atoms with Gasteiger partial charge < -0.3 is 10.0 Å². The average Bonchev–Trinajstić information content (AvgIpc) is 2.96. The quantitative estimate of drug-likeness (QED) is 0.926. The van der Waals surface area contributed by atoms with Crippen LogP contribution in [-0.2, 0) is 4.79 Å². The molecule has 1 aromatic heterocycles. The summed E-state index contributed by atoms with van der Waals surface area (Å²) in [6.07, 6.45) is 3.60. The molecule has 1 unspecified atom stereocenters. The fourth-order valence-corrected chi connectivity index (χ4v) is 3.29. The van der Waals surface area contributed by atoms with Crippen molar-refractivity contribution in [3.05, 3.63) is 46.7 Å². The Bertz CT molecular complexity index is 787. The normalized spacial score (nSPS) is 17.8. The molecule has 0 saturated carbocycles. The summed E-state index contributed by atoms with van der Waals surface area (Å²) in [6, 6.07) is 6.47. The number of carbonyl (C=O) groups excluding carboxylic acids is 1. The van der Waals surface area contributed by atoms with E-state index >= 15 is 0 Å². The summed E-state index contributed by atoms with van der Waals surface area (Å²) in [7, 11) is 0. The van der Waals surface area contributed by atoms with Crippen LogP contribution in [0.4, 0.5) is 0 Å². The van der Waals surface area contributed by atoms with E-state index in [4.69, 9.17) is 11.6 Å². The summed E-state index contributed by atoms with van der Waals surface area (Å²) in [5, 5.41) is 14.2. The molecule has 126 valence electrons. The molecule has 1 saturated heterocycles. The van der Waals surface area contributed by atoms with Gasteiger partial charge in [0, 0.05) is 6.54 Å². The third-order valence-corrected chi connectivity index (χ3v) is 4.69. The lowest BCUT2D eigenvalue weighted by Crippen LogP contribution is -2.48. The number of rotatable bonds is 3. The van der Waals surface area contributed by atoms with Gasteiger partial charge in [-0.2, -0.15) is 5.10 Å². The number of nitrogens with zero attached hydrogens (tertiary/aromatic N) is 3. The lowest BCUT2D eigenvalue weighted by molar-refractivity contribution is -0.143. The number of aliphatic carboxylic acids is 1. The van der Waals surface area contributed by atoms with Gasteiger partial charge in [0.1, 0.15) is 6.04 Å². The minimum absolute atomic E-state index is 0.294. The first-order chi connectivity index (χ1) is 11.5. The van der Waals surface area contributed by atoms with Crippen molar-refractivity contribution in [3.8, 4) is 5.69 Å². The van der Waals surface area contributed by atoms with E-state index in [0.717, 1.165) is 12.8 Å². The van der Waals surface area contributed by atoms with Crippen molar-refractivity contribution < 1.29 is 14.7 Å². The molecule has 1 atom stereocenters. The van der Waals surface area contributed by atoms with Crippen molar-refractivity contribution in [1.82, 2.24) is 14.7 Å². The standard InChI is InChI=1S/C17H18ClN3O3/c1-11-12(10-19-21(11)14-7-3-2-6-13(14)18)16(22)20-9-5-4-8-15(20)17(23)24/h2-3,6-7,10,15H,4-5,8-9H2,1H3,(H,23,24). The monoisotopic (exact) mass is 347 g/mol. The summed E-state index contributed by atoms with van der Waals surface area (Å²) in [5.74, 6) is -1.25. The fourth-order valence-electron chi connectivity index (χ4n) is 3.07. The third kappa shape index (κ3) is 2.89. The topological polar surface area (TPSA) is 75.4 Å². The molecular formula is C17H18ClN3O3. The van der Waals surface area contributed by atoms with Crippen LogP contribution in [0.3, 0.4) is 0 Å². The number of benzene rings is 1. The van der Waals surface area contributed by atoms with Gasteiger partial charge in [-0.25, -0.2) is 9.48 Å². The van der Waals surface area contributed by atoms with Crippen LogP contribution >= 0.6 is 11.6 Å². The summed E-state index contributed by atoms with van der Waals surface area (Å²) in [6.45, 7) is 2.23. The summed E-state index contributed by atoms with van der Waals surface area (Å²) in [4.78, 5) is 25.7. The number of piperidine rings is 1. The zero-order valence-corrected chi connectivity index (χ0v) is 14.0. The molecule has 2 heterocycles. The van der Waals surface area contributed by atoms with Gasteiger partial charge in [-0.15, -0.1) is 0 Å². The highest BCUT2D eigenvalue weighted by Gasteiger charge is 2.33. The molecule has 0 spiro atoms. The molecule has 1 fully saturated rings. The van der Waals surface area contributed by atoms with Crippen LogP contribution in [0.5, 0.6) is 0 Å². The van der Waals surface area contributed by atoms with Crippen LogP contribution in [0.15, 0.2) is 30.5 Å². The van der Waals surface area contributed by atoms with Crippen molar-refractivity contribution in [2.45, 2.75) is 32.2 Å². The van der Waals surface area contributed by atoms with Gasteiger partial charge in [-0.3, -0.25) is 4.79 Å². The number of hydrogen-bond acceptors (Lipinski definition) is 3. The smallest absolute Gasteiger partial charge is 0.326 e. The van der Waals surface area contributed by atoms with Crippen LogP contribution in [0.25, 0.3) is 5.69 Å². The predicted octanol–water partition coefficient (Wildman–Crippen LogP) is 2.91. The molecule has 6 nitrogen and oxygen atoms in total. The highest BCUT2D eigenvalue weighted by molar-refractivity contribution is 6.32. The second kappa shape index (κ2) is 6.65. The Morgan fingerprint density at radius 2 is 2.04 bits per heavy atom. The molecule has 1 amide bonds. The number of aromatic nitrogens is 2. The van der Waals surface area contributed by atoms with Gasteiger partial charge >= 0.3 is 5.97 Å². The van der Waals surface area contributed by atoms with Crippen molar-refractivity contribution in [2.75, 3.05) is 6.54 Å². The third-order valence-electron chi connectivity index (χ3n) is 4.37. The Morgan fingerprint density at radius 3 is 2.75 bits per heavy atom. The first-order valence-corrected chi connectivity index (χ1v) is 8.22. The molecule has 7 heteroatoms. The lowest BCUT2D eigenvalue weighted by Gasteiger charge is -2.32. The molecule has 1 aromatic carbocycles. The second-order valence-corrected chi connectivity index (χ2v) is 6.26. The SMILES string of the molecule is Cc1c(C(=O)N2CCCCC2C(=O)O)cnn1-c1ccccc1Cl. The van der Waals surface area contributed by atoms with E-state index in [-0.39, 0.29) is 5.91 Å². The fraction of sp³-hybridized carbons (Fsp3) is 0.353. The van der Waals surface area contributed by atoms with Crippen molar-refractivity contribution >= 4 is 23.5 Å². The zero-order valence-electron chi connectivity index (χ0n) is 13.3. The van der Waals surface area contributed by atoms with Crippen LogP contribution < -0.4 is 0 Å². The summed E-state index contributed by atoms with van der Waals surface area (Å²) < 4.78 is 1.61. The van der Waals surface area contributed by atoms with Crippen molar-refractivity contribution in [1.29, 1.82) is 0 Å². The summed E-state index contributed by atoms with van der Waals surface area (Å²) >= 11 is 6.20. The molecule has 24 heavy (non-hydrogen) atoms. The maximum absolute atomic E-state index is 12.8. The number of para-hydroxylation sites is 1. The van der Waals surface area contributed by atoms with E-state index < -0.39 is 12.0 Å². The summed E-state index contributed by atoms with van der Waals surface area (Å²) in [5.41, 5.74) is 1.73. The van der Waals surface area contributed by atoms with Gasteiger partial charge in [0.15, 0.2) is 0 Å². The van der Waals surface area contributed by atoms with Crippen molar-refractivity contribution in [2.24, 2.45) is 0 Å². The molecule has 1 aliphatic heterocycles. The molecule has 1 N–H and O–H groups in total. The molecule has 0 aliphatic carbocycles. The van der Waals surface area contributed by atoms with E-state index in [2.05, 4.69) is 5.10 Å². The lowest BCUT2D eigenvalue weighted by atomic mass is 10.0. The van der Waals surface area contributed by atoms with Gasteiger partial charge in [0.25, 0.3) is 5.91 Å². The Kier molecular flexibility index (Phi) is 4.57. The Balaban J connectivity index is 1.94. The zero-order chi connectivity index (χ0) is 17.3. The van der Waals surface area contributed by atoms with E-state index in [1.807, 2.05) is 18.2 Å². The number of halogens is 1. The van der Waals surface area contributed by atoms with E-state index in [1.165, 1.54) is 11.1 Å². The maximum atomic E-state index is 12.8. The average molecular weight is 348 g/mol. The first-order valence-electron chi connectivity index (χ1n) is 7.84. The number of carbonyl (C=O) groups is 2. The maximum Gasteiger partial charge on any atom is 0.326 e. The first kappa shape index (κ1) is 16.5. The largest absolute Gasteiger partial charge is 0.480 e. The minimum atomic E-state index is -0.959. The van der Waals surface area contributed by atoms with Crippen LogP contribution in [0.2, 0.25) is 5.02 Å². The Morgan fingerprint density at radius 1 is 1.29 bits per heavy atom. The van der Waals surface area contributed by atoms with E-state index in [0.29, 0.717) is 34.9 Å². The molecule has 3 rings (SSSR count). The molecule has 1 aliphatic rings. The van der Waals surface area contributed by atoms with Gasteiger partial charge in [0.2, 0.25) is 0 Å². The van der Waals surface area contributed by atoms with Crippen molar-refractivity contribution in [3.63, 3.8) is 0 Å². The van der Waals surface area contributed by atoms with E-state index in [9.17, 15) is 14.7 Å². The van der Waals surface area contributed by atoms with Gasteiger partial charge in [-0.05, 0) is 38.3 Å². The number of hydrogen-bond donors (Lipinski definition) is 1. The molecule has 0 radical (unpaired) electrons. The Labute approximate surface area is 144 Å². The highest BCUT2D eigenvalue weighted by atomic mass is 35.5. The Hall–Kier alpha value is -2.34. The predicted molar refractivity (Wildman–Crippen MR) is 89.6 cm³/mol. The minimum Gasteiger partial charge on any atom is -0.480 e. The highest BCUT2D eigenvalue weighted by Crippen LogP contribution is 2.25.